The second-order valence-corrected chi connectivity index (χ2v) is 16.0. The van der Waals surface area contributed by atoms with Gasteiger partial charge in [-0.3, -0.25) is 9.97 Å². The molecule has 0 saturated carbocycles. The normalized spacial score (nSPS) is 9.58. The summed E-state index contributed by atoms with van der Waals surface area (Å²) >= 11 is 0. The quantitative estimate of drug-likeness (QED) is 0.0961. The van der Waals surface area contributed by atoms with Crippen molar-refractivity contribution in [3.63, 3.8) is 0 Å². The van der Waals surface area contributed by atoms with Crippen LogP contribution in [0.1, 0.15) is 0 Å². The molecule has 8 aromatic rings. The molecule has 0 unspecified atom stereocenters. The molecule has 0 aliphatic rings. The minimum absolute atomic E-state index is 0. The monoisotopic (exact) mass is 762 g/mol. The van der Waals surface area contributed by atoms with Crippen molar-refractivity contribution in [2.45, 2.75) is 0 Å². The first kappa shape index (κ1) is 41.4. The number of nitrogens with zero attached hydrogens (tertiary/aromatic N) is 2. The summed E-state index contributed by atoms with van der Waals surface area (Å²) in [6.45, 7) is 0. The molecule has 6 aromatic carbocycles. The predicted molar refractivity (Wildman–Crippen MR) is 228 cm³/mol. The van der Waals surface area contributed by atoms with Crippen molar-refractivity contribution in [1.82, 2.24) is 9.97 Å². The fourth-order valence-corrected chi connectivity index (χ4v) is 10.4. The fourth-order valence-electron chi connectivity index (χ4n) is 5.25. The van der Waals surface area contributed by atoms with Gasteiger partial charge in [-0.05, 0) is 97.1 Å². The van der Waals surface area contributed by atoms with Gasteiger partial charge in [0.15, 0.2) is 0 Å². The van der Waals surface area contributed by atoms with Crippen LogP contribution in [0, 0.1) is 7.43 Å². The molecular formula is C47H45CuN2P2+2. The van der Waals surface area contributed by atoms with Gasteiger partial charge in [0, 0.05) is 24.8 Å². The molecule has 0 fully saturated rings. The summed E-state index contributed by atoms with van der Waals surface area (Å²) in [6.07, 6.45) is 7.00. The molecule has 0 bridgehead atoms. The van der Waals surface area contributed by atoms with E-state index in [1.807, 2.05) is 36.4 Å². The van der Waals surface area contributed by atoms with E-state index in [0.29, 0.717) is 0 Å². The first-order valence-corrected chi connectivity index (χ1v) is 19.7. The van der Waals surface area contributed by atoms with Gasteiger partial charge in [-0.2, -0.15) is 0 Å². The number of pyridine rings is 2. The molecule has 262 valence electrons. The summed E-state index contributed by atoms with van der Waals surface area (Å²) in [5.41, 5.74) is 0. The van der Waals surface area contributed by atoms with E-state index in [2.05, 4.69) is 192 Å². The third-order valence-corrected chi connectivity index (χ3v) is 13.0. The third kappa shape index (κ3) is 14.0. The molecule has 0 atom stereocenters. The molecule has 5 heteroatoms. The van der Waals surface area contributed by atoms with Gasteiger partial charge >= 0.3 is 17.1 Å². The van der Waals surface area contributed by atoms with Crippen molar-refractivity contribution in [3.05, 3.63) is 251 Å². The van der Waals surface area contributed by atoms with Gasteiger partial charge in [0.05, 0.1) is 15.8 Å². The van der Waals surface area contributed by atoms with E-state index in [1.54, 1.807) is 24.8 Å². The van der Waals surface area contributed by atoms with E-state index in [4.69, 9.17) is 0 Å². The summed E-state index contributed by atoms with van der Waals surface area (Å²) in [5, 5.41) is 8.61. The number of hydrogen-bond acceptors (Lipinski definition) is 2. The standard InChI is InChI=1S/2C18H15P.2C5H5N.CH3.Cu/c2*1-4-10-16(11-5-1)19(17-12-6-2-7-13-17)18-14-8-3-9-15-18;2*1-2-4-6-5-3-1;;/h2*1-15H;2*1-5H;1H3;/q;;;;-1;+1/p+2. The SMILES string of the molecule is [CH3-].[Cu+].c1ccc([PH+](c2ccccc2)c2ccccc2)cc1.c1ccc([PH+](c2ccccc2)c2ccccc2)cc1.c1ccncc1.c1ccncc1. The van der Waals surface area contributed by atoms with Crippen LogP contribution in [0.25, 0.3) is 0 Å². The zero-order valence-electron chi connectivity index (χ0n) is 29.3. The van der Waals surface area contributed by atoms with Crippen LogP contribution in [0.4, 0.5) is 0 Å². The van der Waals surface area contributed by atoms with E-state index in [1.165, 1.54) is 31.8 Å². The zero-order chi connectivity index (χ0) is 34.3. The molecular weight excluding hydrogens is 718 g/mol. The average Bonchev–Trinajstić information content (AvgIpc) is 3.23. The first-order chi connectivity index (χ1) is 24.9. The molecule has 2 nitrogen and oxygen atoms in total. The predicted octanol–water partition coefficient (Wildman–Crippen LogP) is 8.97. The fraction of sp³-hybridized carbons (Fsp3) is 0. The Balaban J connectivity index is 0.000000207. The molecule has 8 rings (SSSR count). The molecule has 2 aromatic heterocycles. The zero-order valence-corrected chi connectivity index (χ0v) is 32.2. The molecule has 52 heavy (non-hydrogen) atoms. The molecule has 0 saturated heterocycles. The third-order valence-electron chi connectivity index (χ3n) is 7.51. The Bertz CT molecular complexity index is 1580. The maximum absolute atomic E-state index is 3.78. The summed E-state index contributed by atoms with van der Waals surface area (Å²) in [6, 6.07) is 76.4. The van der Waals surface area contributed by atoms with Crippen molar-refractivity contribution in [2.75, 3.05) is 0 Å². The van der Waals surface area contributed by atoms with Crippen LogP contribution in [-0.2, 0) is 17.1 Å². The van der Waals surface area contributed by atoms with Crippen LogP contribution in [0.5, 0.6) is 0 Å². The minimum atomic E-state index is -0.877. The van der Waals surface area contributed by atoms with Crippen LogP contribution in [0.3, 0.4) is 0 Å². The Morgan fingerprint density at radius 2 is 0.385 bits per heavy atom. The molecule has 0 spiro atoms. The Kier molecular flexibility index (Phi) is 19.9. The van der Waals surface area contributed by atoms with Gasteiger partial charge in [-0.25, -0.2) is 0 Å². The number of hydrogen-bond donors (Lipinski definition) is 0. The van der Waals surface area contributed by atoms with Crippen LogP contribution >= 0.6 is 15.8 Å². The number of rotatable bonds is 6. The molecule has 0 aliphatic heterocycles. The van der Waals surface area contributed by atoms with Crippen LogP contribution in [-0.4, -0.2) is 9.97 Å². The maximum atomic E-state index is 3.78. The number of benzene rings is 6. The Labute approximate surface area is 323 Å². The van der Waals surface area contributed by atoms with Crippen molar-refractivity contribution in [2.24, 2.45) is 0 Å². The van der Waals surface area contributed by atoms with Gasteiger partial charge < -0.3 is 7.43 Å². The maximum Gasteiger partial charge on any atom is 1.00 e. The minimum Gasteiger partial charge on any atom is -0.358 e. The summed E-state index contributed by atoms with van der Waals surface area (Å²) in [4.78, 5) is 7.57. The van der Waals surface area contributed by atoms with Crippen LogP contribution in [0.15, 0.2) is 243 Å². The smallest absolute Gasteiger partial charge is 0.358 e. The van der Waals surface area contributed by atoms with Gasteiger partial charge in [0.25, 0.3) is 0 Å². The Morgan fingerprint density at radius 3 is 0.500 bits per heavy atom. The summed E-state index contributed by atoms with van der Waals surface area (Å²) in [7, 11) is -1.75. The second kappa shape index (κ2) is 25.0. The van der Waals surface area contributed by atoms with E-state index < -0.39 is 15.8 Å². The van der Waals surface area contributed by atoms with Gasteiger partial charge in [-0.1, -0.05) is 121 Å². The summed E-state index contributed by atoms with van der Waals surface area (Å²) in [5.74, 6) is 0. The largest absolute Gasteiger partial charge is 1.00 e. The van der Waals surface area contributed by atoms with E-state index in [9.17, 15) is 0 Å². The summed E-state index contributed by atoms with van der Waals surface area (Å²) < 4.78 is 0. The Hall–Kier alpha value is -5.00. The van der Waals surface area contributed by atoms with Crippen molar-refractivity contribution in [3.8, 4) is 0 Å². The first-order valence-electron chi connectivity index (χ1n) is 16.7. The van der Waals surface area contributed by atoms with Crippen LogP contribution in [0.2, 0.25) is 0 Å². The van der Waals surface area contributed by atoms with Crippen molar-refractivity contribution >= 4 is 47.7 Å². The molecule has 0 N–H and O–H groups in total. The van der Waals surface area contributed by atoms with E-state index >= 15 is 0 Å². The Morgan fingerprint density at radius 1 is 0.231 bits per heavy atom. The van der Waals surface area contributed by atoms with Crippen LogP contribution < -0.4 is 31.8 Å². The molecule has 2 heterocycles. The van der Waals surface area contributed by atoms with Gasteiger partial charge in [0.1, 0.15) is 31.8 Å². The average molecular weight is 763 g/mol. The number of aromatic nitrogens is 2. The second-order valence-electron chi connectivity index (χ2n) is 11.0. The molecule has 0 radical (unpaired) electrons. The topological polar surface area (TPSA) is 25.8 Å². The van der Waals surface area contributed by atoms with Gasteiger partial charge in [-0.15, -0.1) is 0 Å². The molecule has 0 amide bonds. The van der Waals surface area contributed by atoms with Gasteiger partial charge in [0.2, 0.25) is 0 Å². The van der Waals surface area contributed by atoms with E-state index in [-0.39, 0.29) is 24.5 Å². The van der Waals surface area contributed by atoms with E-state index in [0.717, 1.165) is 0 Å². The molecule has 0 aliphatic carbocycles. The van der Waals surface area contributed by atoms with Crippen molar-refractivity contribution in [1.29, 1.82) is 0 Å². The van der Waals surface area contributed by atoms with Crippen molar-refractivity contribution < 1.29 is 17.1 Å².